The van der Waals surface area contributed by atoms with Crippen LogP contribution in [0.15, 0.2) is 9.41 Å². The summed E-state index contributed by atoms with van der Waals surface area (Å²) in [6, 6.07) is 0.0401. The van der Waals surface area contributed by atoms with E-state index in [1.165, 1.54) is 0 Å². The molecule has 0 fully saturated rings. The third kappa shape index (κ3) is 11.9. The van der Waals surface area contributed by atoms with Gasteiger partial charge in [-0.15, -0.1) is 24.0 Å². The van der Waals surface area contributed by atoms with Crippen LogP contribution in [0.2, 0.25) is 0 Å². The molecule has 29 heavy (non-hydrogen) atoms. The standard InChI is InChI=1S/C20H37N5O3.HI/c1-8-10-11-16(12-23-19(26)28-20(5,6)7)25-18(21-9-2)22-13-17-24-14(3)15(4)27-17;/h16H,8-13H2,1-7H3,(H,23,26)(H2,21,22,25);1H. The third-order valence-corrected chi connectivity index (χ3v) is 3.93. The Kier molecular flexibility index (Phi) is 12.9. The van der Waals surface area contributed by atoms with E-state index in [0.29, 0.717) is 24.9 Å². The molecule has 1 heterocycles. The highest BCUT2D eigenvalue weighted by atomic mass is 127. The monoisotopic (exact) mass is 523 g/mol. The molecule has 1 unspecified atom stereocenters. The van der Waals surface area contributed by atoms with Crippen LogP contribution in [0.5, 0.6) is 0 Å². The molecular weight excluding hydrogens is 485 g/mol. The molecule has 0 spiro atoms. The first-order chi connectivity index (χ1) is 13.1. The Morgan fingerprint density at radius 3 is 2.45 bits per heavy atom. The topological polar surface area (TPSA) is 101 Å². The van der Waals surface area contributed by atoms with E-state index in [1.54, 1.807) is 0 Å². The van der Waals surface area contributed by atoms with Crippen molar-refractivity contribution in [3.63, 3.8) is 0 Å². The van der Waals surface area contributed by atoms with Gasteiger partial charge in [-0.3, -0.25) is 0 Å². The smallest absolute Gasteiger partial charge is 0.407 e. The lowest BCUT2D eigenvalue weighted by Crippen LogP contribution is -2.49. The summed E-state index contributed by atoms with van der Waals surface area (Å²) < 4.78 is 10.9. The lowest BCUT2D eigenvalue weighted by Gasteiger charge is -2.24. The molecule has 0 aliphatic rings. The molecule has 8 nitrogen and oxygen atoms in total. The summed E-state index contributed by atoms with van der Waals surface area (Å²) in [4.78, 5) is 20.9. The van der Waals surface area contributed by atoms with Gasteiger partial charge in [0.2, 0.25) is 5.89 Å². The molecule has 3 N–H and O–H groups in total. The van der Waals surface area contributed by atoms with Crippen molar-refractivity contribution in [1.82, 2.24) is 20.9 Å². The first-order valence-electron chi connectivity index (χ1n) is 10.1. The molecular formula is C20H38IN5O3. The SMILES string of the molecule is CCCCC(CNC(=O)OC(C)(C)C)NC(=NCc1nc(C)c(C)o1)NCC.I. The zero-order valence-corrected chi connectivity index (χ0v) is 21.2. The maximum Gasteiger partial charge on any atom is 0.407 e. The predicted octanol–water partition coefficient (Wildman–Crippen LogP) is 4.05. The van der Waals surface area contributed by atoms with E-state index in [0.717, 1.165) is 37.3 Å². The predicted molar refractivity (Wildman–Crippen MR) is 127 cm³/mol. The minimum atomic E-state index is -0.515. The first-order valence-corrected chi connectivity index (χ1v) is 10.1. The number of oxazole rings is 1. The zero-order valence-electron chi connectivity index (χ0n) is 18.8. The number of nitrogens with one attached hydrogen (secondary N) is 3. The number of hydrogen-bond donors (Lipinski definition) is 3. The molecule has 168 valence electrons. The second-order valence-corrected chi connectivity index (χ2v) is 7.81. The Balaban J connectivity index is 0.00000784. The van der Waals surface area contributed by atoms with Gasteiger partial charge in [0.05, 0.1) is 5.69 Å². The van der Waals surface area contributed by atoms with Gasteiger partial charge < -0.3 is 25.1 Å². The van der Waals surface area contributed by atoms with Gasteiger partial charge in [0.25, 0.3) is 0 Å². The number of carbonyl (C=O) groups excluding carboxylic acids is 1. The Morgan fingerprint density at radius 1 is 1.24 bits per heavy atom. The fourth-order valence-electron chi connectivity index (χ4n) is 2.46. The quantitative estimate of drug-likeness (QED) is 0.257. The zero-order chi connectivity index (χ0) is 21.2. The molecule has 9 heteroatoms. The number of aliphatic imine (C=N–C) groups is 1. The number of hydrogen-bond acceptors (Lipinski definition) is 5. The van der Waals surface area contributed by atoms with Crippen molar-refractivity contribution in [2.75, 3.05) is 13.1 Å². The Labute approximate surface area is 192 Å². The minimum absolute atomic E-state index is 0. The molecule has 0 saturated carbocycles. The number of alkyl carbamates (subject to hydrolysis) is 1. The van der Waals surface area contributed by atoms with Crippen molar-refractivity contribution >= 4 is 36.0 Å². The van der Waals surface area contributed by atoms with Crippen LogP contribution in [0.4, 0.5) is 4.79 Å². The van der Waals surface area contributed by atoms with E-state index in [9.17, 15) is 4.79 Å². The van der Waals surface area contributed by atoms with Crippen LogP contribution in [0, 0.1) is 13.8 Å². The van der Waals surface area contributed by atoms with E-state index in [2.05, 4.69) is 32.9 Å². The van der Waals surface area contributed by atoms with E-state index in [4.69, 9.17) is 9.15 Å². The van der Waals surface area contributed by atoms with Gasteiger partial charge >= 0.3 is 6.09 Å². The first kappa shape index (κ1) is 27.5. The molecule has 0 saturated heterocycles. The van der Waals surface area contributed by atoms with Crippen LogP contribution < -0.4 is 16.0 Å². The number of halogens is 1. The van der Waals surface area contributed by atoms with E-state index < -0.39 is 11.7 Å². The van der Waals surface area contributed by atoms with E-state index in [-0.39, 0.29) is 30.0 Å². The van der Waals surface area contributed by atoms with Gasteiger partial charge in [-0.2, -0.15) is 0 Å². The van der Waals surface area contributed by atoms with E-state index >= 15 is 0 Å². The number of rotatable bonds is 9. The van der Waals surface area contributed by atoms with Crippen LogP contribution in [0.3, 0.4) is 0 Å². The van der Waals surface area contributed by atoms with Crippen molar-refractivity contribution in [3.05, 3.63) is 17.3 Å². The van der Waals surface area contributed by atoms with Gasteiger partial charge in [0.15, 0.2) is 5.96 Å². The molecule has 0 bridgehead atoms. The minimum Gasteiger partial charge on any atom is -0.444 e. The molecule has 1 aromatic rings. The van der Waals surface area contributed by atoms with Gasteiger partial charge in [-0.25, -0.2) is 14.8 Å². The number of nitrogens with zero attached hydrogens (tertiary/aromatic N) is 2. The summed E-state index contributed by atoms with van der Waals surface area (Å²) in [5.41, 5.74) is 0.365. The van der Waals surface area contributed by atoms with Crippen LogP contribution in [0.1, 0.15) is 71.2 Å². The molecule has 0 radical (unpaired) electrons. The number of amides is 1. The molecule has 1 rings (SSSR count). The molecule has 1 atom stereocenters. The molecule has 1 aromatic heterocycles. The Morgan fingerprint density at radius 2 is 1.93 bits per heavy atom. The van der Waals surface area contributed by atoms with Crippen LogP contribution in [0.25, 0.3) is 0 Å². The summed E-state index contributed by atoms with van der Waals surface area (Å²) in [6.07, 6.45) is 2.62. The van der Waals surface area contributed by atoms with Crippen molar-refractivity contribution < 1.29 is 13.9 Å². The largest absolute Gasteiger partial charge is 0.444 e. The number of ether oxygens (including phenoxy) is 1. The van der Waals surface area contributed by atoms with Gasteiger partial charge in [0.1, 0.15) is 17.9 Å². The maximum atomic E-state index is 12.0. The highest BCUT2D eigenvalue weighted by Crippen LogP contribution is 2.09. The number of unbranched alkanes of at least 4 members (excludes halogenated alkanes) is 1. The van der Waals surface area contributed by atoms with Crippen molar-refractivity contribution in [2.45, 2.75) is 85.9 Å². The third-order valence-electron chi connectivity index (χ3n) is 3.93. The second kappa shape index (κ2) is 13.7. The summed E-state index contributed by atoms with van der Waals surface area (Å²) >= 11 is 0. The average Bonchev–Trinajstić information content (AvgIpc) is 2.91. The summed E-state index contributed by atoms with van der Waals surface area (Å²) in [5, 5.41) is 9.47. The van der Waals surface area contributed by atoms with Crippen molar-refractivity contribution in [3.8, 4) is 0 Å². The molecule has 0 aliphatic heterocycles. The van der Waals surface area contributed by atoms with Crippen molar-refractivity contribution in [1.29, 1.82) is 0 Å². The van der Waals surface area contributed by atoms with Gasteiger partial charge in [-0.05, 0) is 48.0 Å². The fourth-order valence-corrected chi connectivity index (χ4v) is 2.46. The lowest BCUT2D eigenvalue weighted by atomic mass is 10.1. The number of aromatic nitrogens is 1. The lowest BCUT2D eigenvalue weighted by molar-refractivity contribution is 0.0522. The number of guanidine groups is 1. The summed E-state index contributed by atoms with van der Waals surface area (Å²) in [5.74, 6) is 2.07. The number of aryl methyl sites for hydroxylation is 2. The van der Waals surface area contributed by atoms with Gasteiger partial charge in [-0.1, -0.05) is 19.8 Å². The normalized spacial score (nSPS) is 12.7. The second-order valence-electron chi connectivity index (χ2n) is 7.81. The molecule has 1 amide bonds. The molecule has 0 aliphatic carbocycles. The maximum absolute atomic E-state index is 12.0. The Bertz CT molecular complexity index is 621. The fraction of sp³-hybridized carbons (Fsp3) is 0.750. The van der Waals surface area contributed by atoms with Crippen LogP contribution in [-0.4, -0.2) is 41.8 Å². The van der Waals surface area contributed by atoms with Crippen LogP contribution in [-0.2, 0) is 11.3 Å². The van der Waals surface area contributed by atoms with E-state index in [1.807, 2.05) is 41.5 Å². The average molecular weight is 523 g/mol. The molecule has 0 aromatic carbocycles. The van der Waals surface area contributed by atoms with Crippen LogP contribution >= 0.6 is 24.0 Å². The highest BCUT2D eigenvalue weighted by Gasteiger charge is 2.18. The Hall–Kier alpha value is -1.52. The highest BCUT2D eigenvalue weighted by molar-refractivity contribution is 14.0. The van der Waals surface area contributed by atoms with Gasteiger partial charge in [0, 0.05) is 19.1 Å². The summed E-state index contributed by atoms with van der Waals surface area (Å²) in [6.45, 7) is 15.0. The number of carbonyl (C=O) groups is 1. The summed E-state index contributed by atoms with van der Waals surface area (Å²) in [7, 11) is 0. The van der Waals surface area contributed by atoms with Crippen molar-refractivity contribution in [2.24, 2.45) is 4.99 Å².